The van der Waals surface area contributed by atoms with E-state index in [2.05, 4.69) is 15.5 Å². The number of rotatable bonds is 6. The fourth-order valence-corrected chi connectivity index (χ4v) is 4.44. The van der Waals surface area contributed by atoms with Gasteiger partial charge in [0.1, 0.15) is 22.0 Å². The van der Waals surface area contributed by atoms with E-state index in [-0.39, 0.29) is 27.5 Å². The molecule has 0 aliphatic heterocycles. The molecule has 0 bridgehead atoms. The molecule has 0 fully saturated rings. The first kappa shape index (κ1) is 25.1. The molecule has 4 aromatic rings. The Morgan fingerprint density at radius 3 is 2.39 bits per heavy atom. The van der Waals surface area contributed by atoms with E-state index in [4.69, 9.17) is 16.3 Å². The highest BCUT2D eigenvalue weighted by molar-refractivity contribution is 7.86. The van der Waals surface area contributed by atoms with Crippen molar-refractivity contribution >= 4 is 55.5 Å². The van der Waals surface area contributed by atoms with Crippen molar-refractivity contribution in [2.75, 3.05) is 12.4 Å². The molecule has 0 saturated carbocycles. The van der Waals surface area contributed by atoms with Crippen LogP contribution in [0.5, 0.6) is 11.5 Å². The van der Waals surface area contributed by atoms with Crippen LogP contribution < -0.4 is 10.1 Å². The van der Waals surface area contributed by atoms with Gasteiger partial charge in [0, 0.05) is 10.4 Å². The highest BCUT2D eigenvalue weighted by Crippen LogP contribution is 2.41. The van der Waals surface area contributed by atoms with Gasteiger partial charge in [-0.1, -0.05) is 48.0 Å². The number of aromatic hydroxyl groups is 1. The van der Waals surface area contributed by atoms with E-state index >= 15 is 0 Å². The fourth-order valence-electron chi connectivity index (χ4n) is 3.61. The zero-order valence-corrected chi connectivity index (χ0v) is 20.6. The molecule has 0 aliphatic rings. The predicted molar refractivity (Wildman–Crippen MR) is 137 cm³/mol. The van der Waals surface area contributed by atoms with Gasteiger partial charge in [0.2, 0.25) is 0 Å². The van der Waals surface area contributed by atoms with Crippen LogP contribution in [0, 0.1) is 6.92 Å². The second-order valence-electron chi connectivity index (χ2n) is 7.69. The van der Waals surface area contributed by atoms with Crippen LogP contribution in [0.15, 0.2) is 81.9 Å². The Hall–Kier alpha value is -3.99. The monoisotopic (exact) mass is 525 g/mol. The van der Waals surface area contributed by atoms with Crippen molar-refractivity contribution in [1.29, 1.82) is 0 Å². The minimum Gasteiger partial charge on any atom is -0.505 e. The lowest BCUT2D eigenvalue weighted by atomic mass is 10.0. The van der Waals surface area contributed by atoms with Gasteiger partial charge in [-0.15, -0.1) is 10.2 Å². The van der Waals surface area contributed by atoms with Crippen molar-refractivity contribution in [1.82, 2.24) is 0 Å². The number of benzene rings is 4. The number of phenols is 1. The predicted octanol–water partition coefficient (Wildman–Crippen LogP) is 6.43. The van der Waals surface area contributed by atoms with Gasteiger partial charge >= 0.3 is 0 Å². The Balaban J connectivity index is 1.86. The Labute approximate surface area is 211 Å². The fraction of sp³-hybridized carbons (Fsp3) is 0.0800. The largest absolute Gasteiger partial charge is 0.505 e. The average molecular weight is 526 g/mol. The molecular formula is C25H20ClN3O6S. The number of amides is 1. The molecule has 1 amide bonds. The first-order chi connectivity index (χ1) is 17.1. The number of hydrogen-bond donors (Lipinski definition) is 3. The highest BCUT2D eigenvalue weighted by atomic mass is 35.5. The maximum atomic E-state index is 13.1. The number of carbonyl (C=O) groups excluding carboxylic acids is 1. The number of phenolic OH excluding ortho intramolecular Hbond substituents is 1. The Kier molecular flexibility index (Phi) is 6.93. The van der Waals surface area contributed by atoms with Gasteiger partial charge in [-0.25, -0.2) is 0 Å². The molecule has 0 unspecified atom stereocenters. The van der Waals surface area contributed by atoms with Gasteiger partial charge in [0.25, 0.3) is 16.0 Å². The lowest BCUT2D eigenvalue weighted by Gasteiger charge is -2.13. The summed E-state index contributed by atoms with van der Waals surface area (Å²) >= 11 is 6.12. The van der Waals surface area contributed by atoms with E-state index in [1.165, 1.54) is 26.2 Å². The van der Waals surface area contributed by atoms with Gasteiger partial charge in [-0.05, 0) is 48.2 Å². The van der Waals surface area contributed by atoms with Crippen molar-refractivity contribution < 1.29 is 27.6 Å². The molecule has 0 spiro atoms. The number of azo groups is 1. The third-order valence-electron chi connectivity index (χ3n) is 5.45. The molecular weight excluding hydrogens is 506 g/mol. The number of anilines is 1. The smallest absolute Gasteiger partial charge is 0.296 e. The van der Waals surface area contributed by atoms with E-state index in [0.29, 0.717) is 22.2 Å². The zero-order chi connectivity index (χ0) is 26.0. The van der Waals surface area contributed by atoms with Crippen molar-refractivity contribution in [2.24, 2.45) is 10.2 Å². The number of para-hydroxylation sites is 2. The summed E-state index contributed by atoms with van der Waals surface area (Å²) in [7, 11) is -3.18. The molecule has 3 N–H and O–H groups in total. The summed E-state index contributed by atoms with van der Waals surface area (Å²) < 4.78 is 38.6. The zero-order valence-electron chi connectivity index (χ0n) is 19.1. The van der Waals surface area contributed by atoms with Gasteiger partial charge in [-0.3, -0.25) is 9.35 Å². The van der Waals surface area contributed by atoms with Crippen LogP contribution in [-0.2, 0) is 10.1 Å². The number of fused-ring (bicyclic) bond motifs is 1. The first-order valence-corrected chi connectivity index (χ1v) is 12.3. The third kappa shape index (κ3) is 4.87. The van der Waals surface area contributed by atoms with Gasteiger partial charge in [0.05, 0.1) is 18.4 Å². The Bertz CT molecular complexity index is 1640. The van der Waals surface area contributed by atoms with Gasteiger partial charge in [0.15, 0.2) is 5.75 Å². The quantitative estimate of drug-likeness (QED) is 0.196. The van der Waals surface area contributed by atoms with Crippen LogP contribution in [0.25, 0.3) is 10.8 Å². The maximum Gasteiger partial charge on any atom is 0.296 e. The lowest BCUT2D eigenvalue weighted by molar-refractivity contribution is 0.102. The van der Waals surface area contributed by atoms with Crippen molar-refractivity contribution in [3.8, 4) is 11.5 Å². The summed E-state index contributed by atoms with van der Waals surface area (Å²) in [5.41, 5.74) is 0.292. The Morgan fingerprint density at radius 1 is 1.00 bits per heavy atom. The minimum absolute atomic E-state index is 0.0704. The van der Waals surface area contributed by atoms with Crippen LogP contribution in [0.2, 0.25) is 5.02 Å². The van der Waals surface area contributed by atoms with E-state index in [0.717, 1.165) is 6.07 Å². The van der Waals surface area contributed by atoms with E-state index in [1.54, 1.807) is 48.5 Å². The molecule has 4 rings (SSSR count). The van der Waals surface area contributed by atoms with Crippen LogP contribution in [0.4, 0.5) is 17.1 Å². The third-order valence-corrected chi connectivity index (χ3v) is 6.75. The van der Waals surface area contributed by atoms with E-state index < -0.39 is 26.7 Å². The summed E-state index contributed by atoms with van der Waals surface area (Å²) in [6.45, 7) is 1.51. The van der Waals surface area contributed by atoms with Crippen LogP contribution in [0.3, 0.4) is 0 Å². The summed E-state index contributed by atoms with van der Waals surface area (Å²) in [6, 6.07) is 17.6. The van der Waals surface area contributed by atoms with E-state index in [9.17, 15) is 22.9 Å². The molecule has 0 saturated heterocycles. The SMILES string of the molecule is COc1ccccc1NC(=O)c1cc2ccccc2c(N=Nc2c(S(=O)(=O)O)ccc(Cl)c2C)c1O. The molecule has 184 valence electrons. The summed E-state index contributed by atoms with van der Waals surface area (Å²) in [4.78, 5) is 12.6. The average Bonchev–Trinajstić information content (AvgIpc) is 2.85. The molecule has 9 nitrogen and oxygen atoms in total. The number of halogens is 1. The summed E-state index contributed by atoms with van der Waals surface area (Å²) in [6.07, 6.45) is 0. The standard InChI is InChI=1S/C25H20ClN3O6S/c1-14-18(26)11-12-21(36(32,33)34)22(14)28-29-23-16-8-4-3-7-15(16)13-17(24(23)30)25(31)27-19-9-5-6-10-20(19)35-2/h3-13,30H,1-2H3,(H,27,31)(H,32,33,34). The second kappa shape index (κ2) is 9.94. The molecule has 4 aromatic carbocycles. The normalized spacial score (nSPS) is 11.7. The van der Waals surface area contributed by atoms with Gasteiger partial charge < -0.3 is 15.2 Å². The highest BCUT2D eigenvalue weighted by Gasteiger charge is 2.22. The summed E-state index contributed by atoms with van der Waals surface area (Å²) in [5, 5.41) is 23.1. The van der Waals surface area contributed by atoms with Crippen molar-refractivity contribution in [3.63, 3.8) is 0 Å². The number of carbonyl (C=O) groups is 1. The Morgan fingerprint density at radius 2 is 1.67 bits per heavy atom. The molecule has 0 aliphatic carbocycles. The summed E-state index contributed by atoms with van der Waals surface area (Å²) in [5.74, 6) is -0.671. The topological polar surface area (TPSA) is 138 Å². The van der Waals surface area contributed by atoms with Crippen molar-refractivity contribution in [3.05, 3.63) is 82.9 Å². The first-order valence-electron chi connectivity index (χ1n) is 10.5. The van der Waals surface area contributed by atoms with Crippen LogP contribution in [-0.4, -0.2) is 31.1 Å². The number of methoxy groups -OCH3 is 1. The van der Waals surface area contributed by atoms with E-state index in [1.807, 2.05) is 0 Å². The van der Waals surface area contributed by atoms with Crippen LogP contribution >= 0.6 is 11.6 Å². The number of nitrogens with one attached hydrogen (secondary N) is 1. The minimum atomic E-state index is -4.64. The molecule has 0 atom stereocenters. The second-order valence-corrected chi connectivity index (χ2v) is 9.49. The molecule has 0 heterocycles. The number of hydrogen-bond acceptors (Lipinski definition) is 7. The van der Waals surface area contributed by atoms with Crippen LogP contribution in [0.1, 0.15) is 15.9 Å². The molecule has 0 radical (unpaired) electrons. The van der Waals surface area contributed by atoms with Crippen molar-refractivity contribution in [2.45, 2.75) is 11.8 Å². The number of ether oxygens (including phenoxy) is 1. The molecule has 11 heteroatoms. The van der Waals surface area contributed by atoms with Gasteiger partial charge in [-0.2, -0.15) is 8.42 Å². The molecule has 36 heavy (non-hydrogen) atoms. The molecule has 0 aromatic heterocycles. The number of nitrogens with zero attached hydrogens (tertiary/aromatic N) is 2. The lowest BCUT2D eigenvalue weighted by Crippen LogP contribution is -2.13. The maximum absolute atomic E-state index is 13.1.